The maximum atomic E-state index is 12.9. The van der Waals surface area contributed by atoms with E-state index in [1.165, 1.54) is 19.4 Å². The summed E-state index contributed by atoms with van der Waals surface area (Å²) >= 11 is 0. The predicted molar refractivity (Wildman–Crippen MR) is 83.6 cm³/mol. The van der Waals surface area contributed by atoms with Crippen LogP contribution in [0.2, 0.25) is 0 Å². The lowest BCUT2D eigenvalue weighted by Gasteiger charge is -2.43. The number of nitrogens with zero attached hydrogens (tertiary/aromatic N) is 5. The van der Waals surface area contributed by atoms with E-state index in [1.807, 2.05) is 30.1 Å². The molecule has 2 fully saturated rings. The third-order valence-corrected chi connectivity index (χ3v) is 5.21. The van der Waals surface area contributed by atoms with E-state index in [9.17, 15) is 4.79 Å². The van der Waals surface area contributed by atoms with Crippen molar-refractivity contribution in [3.05, 3.63) is 23.8 Å². The third-order valence-electron chi connectivity index (χ3n) is 5.21. The molecule has 2 aromatic rings. The second-order valence-electron chi connectivity index (χ2n) is 6.40. The lowest BCUT2D eigenvalue weighted by atomic mass is 10.0. The summed E-state index contributed by atoms with van der Waals surface area (Å²) in [5.74, 6) is 0.117. The molecule has 22 heavy (non-hydrogen) atoms. The summed E-state index contributed by atoms with van der Waals surface area (Å²) in [5, 5.41) is 8.11. The Morgan fingerprint density at radius 1 is 1.27 bits per heavy atom. The summed E-state index contributed by atoms with van der Waals surface area (Å²) < 4.78 is 1.73. The number of rotatable bonds is 1. The number of carbonyl (C=O) groups excluding carboxylic acids is 1. The highest BCUT2D eigenvalue weighted by atomic mass is 16.2. The number of amides is 1. The summed E-state index contributed by atoms with van der Waals surface area (Å²) in [7, 11) is 1.86. The first-order chi connectivity index (χ1) is 10.6. The molecular weight excluding hydrogens is 278 g/mol. The molecule has 2 aliphatic heterocycles. The van der Waals surface area contributed by atoms with Crippen molar-refractivity contribution in [2.45, 2.75) is 31.8 Å². The van der Waals surface area contributed by atoms with Gasteiger partial charge in [-0.15, -0.1) is 5.10 Å². The highest BCUT2D eigenvalue weighted by Gasteiger charge is 2.38. The van der Waals surface area contributed by atoms with Crippen LogP contribution >= 0.6 is 0 Å². The lowest BCUT2D eigenvalue weighted by molar-refractivity contribution is 0.0363. The van der Waals surface area contributed by atoms with Gasteiger partial charge in [0.2, 0.25) is 0 Å². The topological polar surface area (TPSA) is 54.3 Å². The van der Waals surface area contributed by atoms with Crippen molar-refractivity contribution in [3.8, 4) is 0 Å². The maximum absolute atomic E-state index is 12.9. The molecule has 1 aromatic heterocycles. The van der Waals surface area contributed by atoms with E-state index in [0.717, 1.165) is 24.1 Å². The number of fused-ring (bicyclic) bond motifs is 2. The summed E-state index contributed by atoms with van der Waals surface area (Å²) in [6, 6.07) is 6.48. The molecule has 3 heterocycles. The molecule has 0 radical (unpaired) electrons. The average molecular weight is 299 g/mol. The van der Waals surface area contributed by atoms with Crippen molar-refractivity contribution in [3.63, 3.8) is 0 Å². The molecule has 6 heteroatoms. The van der Waals surface area contributed by atoms with Crippen LogP contribution in [-0.4, -0.2) is 62.4 Å². The number of hydrogen-bond donors (Lipinski definition) is 0. The minimum absolute atomic E-state index is 0.117. The molecule has 116 valence electrons. The minimum Gasteiger partial charge on any atom is -0.333 e. The van der Waals surface area contributed by atoms with Gasteiger partial charge in [-0.3, -0.25) is 9.69 Å². The van der Waals surface area contributed by atoms with Crippen molar-refractivity contribution in [1.82, 2.24) is 24.8 Å². The van der Waals surface area contributed by atoms with Gasteiger partial charge >= 0.3 is 0 Å². The summed E-state index contributed by atoms with van der Waals surface area (Å²) in [5.41, 5.74) is 2.44. The number of aryl methyl sites for hydroxylation is 1. The molecule has 4 rings (SSSR count). The molecule has 0 saturated carbocycles. The van der Waals surface area contributed by atoms with Crippen molar-refractivity contribution in [2.75, 3.05) is 19.6 Å². The van der Waals surface area contributed by atoms with Gasteiger partial charge in [-0.25, -0.2) is 4.68 Å². The van der Waals surface area contributed by atoms with Crippen molar-refractivity contribution in [2.24, 2.45) is 7.05 Å². The third kappa shape index (κ3) is 2.01. The number of carbonyl (C=O) groups is 1. The molecule has 2 atom stereocenters. The van der Waals surface area contributed by atoms with Gasteiger partial charge in [0.05, 0.1) is 5.52 Å². The smallest absolute Gasteiger partial charge is 0.254 e. The first-order valence-electron chi connectivity index (χ1n) is 7.99. The first-order valence-corrected chi connectivity index (χ1v) is 7.99. The molecule has 6 nitrogen and oxygen atoms in total. The van der Waals surface area contributed by atoms with E-state index in [2.05, 4.69) is 22.1 Å². The van der Waals surface area contributed by atoms with E-state index < -0.39 is 0 Å². The molecule has 0 N–H and O–H groups in total. The number of benzene rings is 1. The van der Waals surface area contributed by atoms with Gasteiger partial charge < -0.3 is 4.90 Å². The Morgan fingerprint density at radius 3 is 3.00 bits per heavy atom. The Bertz CT molecular complexity index is 724. The average Bonchev–Trinajstić information content (AvgIpc) is 3.14. The van der Waals surface area contributed by atoms with Crippen molar-refractivity contribution >= 4 is 16.9 Å². The van der Waals surface area contributed by atoms with Crippen molar-refractivity contribution in [1.29, 1.82) is 0 Å². The van der Waals surface area contributed by atoms with Gasteiger partial charge in [-0.2, -0.15) is 0 Å². The van der Waals surface area contributed by atoms with Crippen LogP contribution in [0.5, 0.6) is 0 Å². The van der Waals surface area contributed by atoms with Gasteiger partial charge in [0.1, 0.15) is 5.52 Å². The lowest BCUT2D eigenvalue weighted by Crippen LogP contribution is -2.57. The zero-order valence-electron chi connectivity index (χ0n) is 13.1. The van der Waals surface area contributed by atoms with Crippen LogP contribution in [0.1, 0.15) is 30.1 Å². The quantitative estimate of drug-likeness (QED) is 0.796. The first kappa shape index (κ1) is 13.7. The number of aromatic nitrogens is 3. The van der Waals surface area contributed by atoms with Crippen LogP contribution < -0.4 is 0 Å². The van der Waals surface area contributed by atoms with Gasteiger partial charge in [0.25, 0.3) is 5.91 Å². The van der Waals surface area contributed by atoms with Crippen LogP contribution in [0.25, 0.3) is 11.0 Å². The van der Waals surface area contributed by atoms with E-state index in [0.29, 0.717) is 11.6 Å². The summed E-state index contributed by atoms with van der Waals surface area (Å²) in [6.45, 7) is 5.17. The normalized spacial score (nSPS) is 25.6. The Labute approximate surface area is 129 Å². The monoisotopic (exact) mass is 299 g/mol. The van der Waals surface area contributed by atoms with Gasteiger partial charge in [-0.05, 0) is 44.5 Å². The Hall–Kier alpha value is -1.95. The van der Waals surface area contributed by atoms with Gasteiger partial charge in [0, 0.05) is 37.8 Å². The molecule has 1 amide bonds. The molecule has 0 bridgehead atoms. The van der Waals surface area contributed by atoms with Crippen LogP contribution in [0.3, 0.4) is 0 Å². The summed E-state index contributed by atoms with van der Waals surface area (Å²) in [6.07, 6.45) is 2.46. The summed E-state index contributed by atoms with van der Waals surface area (Å²) in [4.78, 5) is 17.5. The standard InChI is InChI=1S/C16H21N5O/c1-11-14-4-3-7-20(14)8-9-21(11)16(22)12-5-6-15-13(10-12)17-18-19(15)2/h5-6,10-11,14H,3-4,7-9H2,1-2H3. The molecule has 1 aromatic carbocycles. The highest BCUT2D eigenvalue weighted by Crippen LogP contribution is 2.28. The van der Waals surface area contributed by atoms with Crippen LogP contribution in [0, 0.1) is 0 Å². The second-order valence-corrected chi connectivity index (χ2v) is 6.40. The molecule has 0 aliphatic carbocycles. The van der Waals surface area contributed by atoms with E-state index >= 15 is 0 Å². The molecule has 2 saturated heterocycles. The Kier molecular flexibility index (Phi) is 3.14. The van der Waals surface area contributed by atoms with E-state index in [1.54, 1.807) is 4.68 Å². The van der Waals surface area contributed by atoms with E-state index in [-0.39, 0.29) is 11.9 Å². The fourth-order valence-corrected chi connectivity index (χ4v) is 3.95. The molecule has 2 aliphatic rings. The maximum Gasteiger partial charge on any atom is 0.254 e. The Morgan fingerprint density at radius 2 is 2.14 bits per heavy atom. The predicted octanol–water partition coefficient (Wildman–Crippen LogP) is 1.28. The largest absolute Gasteiger partial charge is 0.333 e. The highest BCUT2D eigenvalue weighted by molar-refractivity contribution is 5.97. The van der Waals surface area contributed by atoms with Gasteiger partial charge in [0.15, 0.2) is 0 Å². The fourth-order valence-electron chi connectivity index (χ4n) is 3.95. The second kappa shape index (κ2) is 5.05. The fraction of sp³-hybridized carbons (Fsp3) is 0.562. The van der Waals surface area contributed by atoms with Crippen LogP contribution in [-0.2, 0) is 7.05 Å². The van der Waals surface area contributed by atoms with Gasteiger partial charge in [-0.1, -0.05) is 5.21 Å². The zero-order valence-corrected chi connectivity index (χ0v) is 13.1. The molecular formula is C16H21N5O. The molecule has 0 spiro atoms. The minimum atomic E-state index is 0.117. The number of piperazine rings is 1. The SMILES string of the molecule is CC1C2CCCN2CCN1C(=O)c1ccc2c(c1)nnn2C. The van der Waals surface area contributed by atoms with Crippen LogP contribution in [0.15, 0.2) is 18.2 Å². The van der Waals surface area contributed by atoms with Crippen LogP contribution in [0.4, 0.5) is 0 Å². The Balaban J connectivity index is 1.62. The number of hydrogen-bond acceptors (Lipinski definition) is 4. The van der Waals surface area contributed by atoms with E-state index in [4.69, 9.17) is 0 Å². The zero-order chi connectivity index (χ0) is 15.3. The molecule has 2 unspecified atom stereocenters. The van der Waals surface area contributed by atoms with Crippen molar-refractivity contribution < 1.29 is 4.79 Å².